The Kier molecular flexibility index (Phi) is 3.89. The summed E-state index contributed by atoms with van der Waals surface area (Å²) < 4.78 is 0. The lowest BCUT2D eigenvalue weighted by atomic mass is 9.92. The highest BCUT2D eigenvalue weighted by Crippen LogP contribution is 2.51. The Bertz CT molecular complexity index is 2040. The maximum absolute atomic E-state index is 2.44. The summed E-state index contributed by atoms with van der Waals surface area (Å²) in [7, 11) is 0. The van der Waals surface area contributed by atoms with Crippen molar-refractivity contribution in [2.24, 2.45) is 0 Å². The van der Waals surface area contributed by atoms with Gasteiger partial charge in [0.1, 0.15) is 0 Å². The van der Waals surface area contributed by atoms with Gasteiger partial charge in [0.25, 0.3) is 0 Å². The smallest absolute Gasteiger partial charge is 0.00199 e. The Morgan fingerprint density at radius 1 is 0.389 bits per heavy atom. The molecule has 168 valence electrons. The summed E-state index contributed by atoms with van der Waals surface area (Å²) in [4.78, 5) is 0. The van der Waals surface area contributed by atoms with Crippen LogP contribution in [0.3, 0.4) is 0 Å². The first-order valence-electron chi connectivity index (χ1n) is 12.7. The van der Waals surface area contributed by atoms with Gasteiger partial charge in [0, 0.05) is 0 Å². The van der Waals surface area contributed by atoms with E-state index in [1.54, 1.807) is 0 Å². The van der Waals surface area contributed by atoms with Gasteiger partial charge < -0.3 is 0 Å². The summed E-state index contributed by atoms with van der Waals surface area (Å²) in [6.07, 6.45) is 0. The highest BCUT2D eigenvalue weighted by molar-refractivity contribution is 6.27. The largest absolute Gasteiger partial charge is 0.0617 e. The molecule has 8 rings (SSSR count). The van der Waals surface area contributed by atoms with Crippen molar-refractivity contribution in [3.8, 4) is 33.4 Å². The van der Waals surface area contributed by atoms with E-state index in [2.05, 4.69) is 123 Å². The second-order valence-electron chi connectivity index (χ2n) is 10.3. The van der Waals surface area contributed by atoms with Crippen LogP contribution in [0.2, 0.25) is 0 Å². The molecule has 0 spiro atoms. The first kappa shape index (κ1) is 19.8. The Hall–Kier alpha value is -4.42. The van der Waals surface area contributed by atoms with Gasteiger partial charge in [-0.15, -0.1) is 0 Å². The van der Waals surface area contributed by atoms with E-state index in [-0.39, 0.29) is 0 Å². The van der Waals surface area contributed by atoms with Gasteiger partial charge >= 0.3 is 0 Å². The fourth-order valence-corrected chi connectivity index (χ4v) is 6.57. The fourth-order valence-electron chi connectivity index (χ4n) is 6.57. The summed E-state index contributed by atoms with van der Waals surface area (Å²) in [5.74, 6) is 0. The third kappa shape index (κ3) is 2.59. The molecule has 0 N–H and O–H groups in total. The molecule has 1 aliphatic carbocycles. The highest BCUT2D eigenvalue weighted by atomic mass is 14.3. The lowest BCUT2D eigenvalue weighted by Gasteiger charge is -2.12. The van der Waals surface area contributed by atoms with Crippen molar-refractivity contribution >= 4 is 43.1 Å². The van der Waals surface area contributed by atoms with Gasteiger partial charge in [-0.3, -0.25) is 0 Å². The quantitative estimate of drug-likeness (QED) is 0.216. The third-order valence-electron chi connectivity index (χ3n) is 8.21. The predicted molar refractivity (Wildman–Crippen MR) is 156 cm³/mol. The molecule has 7 aromatic carbocycles. The molecule has 0 fully saturated rings. The van der Waals surface area contributed by atoms with Gasteiger partial charge in [0.2, 0.25) is 0 Å². The average Bonchev–Trinajstić information content (AvgIpc) is 3.21. The zero-order chi connectivity index (χ0) is 24.0. The van der Waals surface area contributed by atoms with Gasteiger partial charge in [-0.1, -0.05) is 84.9 Å². The standard InChI is InChI=1S/C36H24/c1-21-7-5-8-22(2)35(21)25-14-13-24-18-32-31(19-26(24)17-25)30-12-6-11-29-28-16-15-23-9-3-4-10-27(23)33(28)20-34(32)36(29)30/h3-20H,1-2H3. The lowest BCUT2D eigenvalue weighted by molar-refractivity contribution is 1.38. The summed E-state index contributed by atoms with van der Waals surface area (Å²) in [6, 6.07) is 40.9. The third-order valence-corrected chi connectivity index (χ3v) is 8.21. The van der Waals surface area contributed by atoms with Gasteiger partial charge in [-0.25, -0.2) is 0 Å². The monoisotopic (exact) mass is 456 g/mol. The van der Waals surface area contributed by atoms with E-state index in [0.29, 0.717) is 0 Å². The number of rotatable bonds is 1. The fraction of sp³-hybridized carbons (Fsp3) is 0.0556. The molecule has 0 bridgehead atoms. The highest BCUT2D eigenvalue weighted by Gasteiger charge is 2.24. The molecule has 0 saturated heterocycles. The summed E-state index contributed by atoms with van der Waals surface area (Å²) in [5, 5.41) is 10.6. The number of benzene rings is 7. The Balaban J connectivity index is 1.44. The van der Waals surface area contributed by atoms with Crippen LogP contribution in [0.1, 0.15) is 11.1 Å². The molecule has 0 heteroatoms. The van der Waals surface area contributed by atoms with Gasteiger partial charge in [-0.05, 0) is 126 Å². The molecular formula is C36H24. The minimum atomic E-state index is 1.29. The Labute approximate surface area is 210 Å². The van der Waals surface area contributed by atoms with E-state index in [9.17, 15) is 0 Å². The van der Waals surface area contributed by atoms with Gasteiger partial charge in [0.05, 0.1) is 0 Å². The molecule has 0 radical (unpaired) electrons. The predicted octanol–water partition coefficient (Wildman–Crippen LogP) is 10.2. The molecule has 0 amide bonds. The summed E-state index contributed by atoms with van der Waals surface area (Å²) in [6.45, 7) is 4.42. The van der Waals surface area contributed by atoms with Crippen LogP contribution in [0.15, 0.2) is 109 Å². The molecule has 7 aromatic rings. The minimum absolute atomic E-state index is 1.29. The van der Waals surface area contributed by atoms with Crippen molar-refractivity contribution in [2.75, 3.05) is 0 Å². The van der Waals surface area contributed by atoms with Crippen molar-refractivity contribution < 1.29 is 0 Å². The van der Waals surface area contributed by atoms with E-state index in [1.807, 2.05) is 0 Å². The molecule has 1 aliphatic rings. The molecule has 0 aliphatic heterocycles. The van der Waals surface area contributed by atoms with Gasteiger partial charge in [0.15, 0.2) is 0 Å². The van der Waals surface area contributed by atoms with Crippen LogP contribution in [-0.2, 0) is 0 Å². The second kappa shape index (κ2) is 7.06. The Morgan fingerprint density at radius 3 is 2.00 bits per heavy atom. The van der Waals surface area contributed by atoms with Crippen LogP contribution in [0, 0.1) is 13.8 Å². The molecule has 36 heavy (non-hydrogen) atoms. The molecule has 0 atom stereocenters. The molecule has 0 unspecified atom stereocenters. The first-order chi connectivity index (χ1) is 17.7. The van der Waals surface area contributed by atoms with E-state index < -0.39 is 0 Å². The van der Waals surface area contributed by atoms with Crippen molar-refractivity contribution in [3.63, 3.8) is 0 Å². The zero-order valence-corrected chi connectivity index (χ0v) is 20.4. The average molecular weight is 457 g/mol. The molecule has 0 saturated carbocycles. The molecule has 0 aromatic heterocycles. The first-order valence-corrected chi connectivity index (χ1v) is 12.7. The van der Waals surface area contributed by atoms with E-state index >= 15 is 0 Å². The van der Waals surface area contributed by atoms with Crippen LogP contribution in [0.5, 0.6) is 0 Å². The van der Waals surface area contributed by atoms with Crippen LogP contribution < -0.4 is 0 Å². The Morgan fingerprint density at radius 2 is 1.11 bits per heavy atom. The molecule has 0 nitrogen and oxygen atoms in total. The van der Waals surface area contributed by atoms with E-state index in [4.69, 9.17) is 0 Å². The summed E-state index contributed by atoms with van der Waals surface area (Å²) in [5.41, 5.74) is 10.7. The van der Waals surface area contributed by atoms with E-state index in [1.165, 1.54) is 87.6 Å². The lowest BCUT2D eigenvalue weighted by Crippen LogP contribution is -1.88. The van der Waals surface area contributed by atoms with E-state index in [0.717, 1.165) is 0 Å². The van der Waals surface area contributed by atoms with Crippen LogP contribution >= 0.6 is 0 Å². The molecule has 0 heterocycles. The van der Waals surface area contributed by atoms with Crippen molar-refractivity contribution in [1.29, 1.82) is 0 Å². The number of aryl methyl sites for hydroxylation is 2. The van der Waals surface area contributed by atoms with Crippen molar-refractivity contribution in [1.82, 2.24) is 0 Å². The number of fused-ring (bicyclic) bond motifs is 8. The topological polar surface area (TPSA) is 0 Å². The maximum atomic E-state index is 2.44. The normalized spacial score (nSPS) is 12.2. The van der Waals surface area contributed by atoms with Crippen LogP contribution in [0.25, 0.3) is 76.5 Å². The van der Waals surface area contributed by atoms with Gasteiger partial charge in [-0.2, -0.15) is 0 Å². The van der Waals surface area contributed by atoms with Crippen molar-refractivity contribution in [2.45, 2.75) is 13.8 Å². The van der Waals surface area contributed by atoms with Crippen molar-refractivity contribution in [3.05, 3.63) is 120 Å². The SMILES string of the molecule is Cc1cccc(C)c1-c1ccc2cc3c(cc2c1)-c1cccc2c1c-3cc1c3ccccc3ccc21. The second-order valence-corrected chi connectivity index (χ2v) is 10.3. The van der Waals surface area contributed by atoms with Crippen LogP contribution in [0.4, 0.5) is 0 Å². The minimum Gasteiger partial charge on any atom is -0.0617 e. The summed E-state index contributed by atoms with van der Waals surface area (Å²) >= 11 is 0. The zero-order valence-electron chi connectivity index (χ0n) is 20.4. The number of hydrogen-bond donors (Lipinski definition) is 0. The maximum Gasteiger partial charge on any atom is -0.00199 e. The van der Waals surface area contributed by atoms with Crippen LogP contribution in [-0.4, -0.2) is 0 Å². The molecular weight excluding hydrogens is 432 g/mol. The number of hydrogen-bond acceptors (Lipinski definition) is 0.